The lowest BCUT2D eigenvalue weighted by Crippen LogP contribution is -2.27. The first-order valence-corrected chi connectivity index (χ1v) is 5.07. The lowest BCUT2D eigenvalue weighted by atomic mass is 9.75. The van der Waals surface area contributed by atoms with Gasteiger partial charge in [0.1, 0.15) is 0 Å². The van der Waals surface area contributed by atoms with Crippen LogP contribution in [-0.4, -0.2) is 24.3 Å². The maximum Gasteiger partial charge on any atom is 0.308 e. The Morgan fingerprint density at radius 3 is 3.00 bits per heavy atom. The van der Waals surface area contributed by atoms with Crippen molar-refractivity contribution in [2.45, 2.75) is 25.7 Å². The summed E-state index contributed by atoms with van der Waals surface area (Å²) < 4.78 is 5.09. The lowest BCUT2D eigenvalue weighted by molar-refractivity contribution is -0.148. The molecule has 2 fully saturated rings. The van der Waals surface area contributed by atoms with Crippen molar-refractivity contribution >= 4 is 5.97 Å². The Morgan fingerprint density at radius 1 is 1.38 bits per heavy atom. The van der Waals surface area contributed by atoms with Gasteiger partial charge in [0, 0.05) is 6.61 Å². The third-order valence-corrected chi connectivity index (χ3v) is 3.26. The number of fused-ring (bicyclic) bond motifs is 2. The van der Waals surface area contributed by atoms with E-state index in [0.717, 1.165) is 25.7 Å². The van der Waals surface area contributed by atoms with Gasteiger partial charge in [0.25, 0.3) is 0 Å². The fraction of sp³-hybridized carbons (Fsp3) is 0.900. The Kier molecular flexibility index (Phi) is 2.54. The average Bonchev–Trinajstić information content (AvgIpc) is 2.27. The second kappa shape index (κ2) is 3.66. The molecule has 1 heterocycles. The van der Waals surface area contributed by atoms with E-state index in [4.69, 9.17) is 9.84 Å². The molecule has 2 bridgehead atoms. The minimum absolute atomic E-state index is 0.0411. The van der Waals surface area contributed by atoms with Crippen LogP contribution in [0.1, 0.15) is 25.7 Å². The molecule has 2 rings (SSSR count). The molecule has 0 aromatic rings. The van der Waals surface area contributed by atoms with E-state index >= 15 is 0 Å². The van der Waals surface area contributed by atoms with Gasteiger partial charge >= 0.3 is 5.97 Å². The van der Waals surface area contributed by atoms with Gasteiger partial charge in [-0.2, -0.15) is 0 Å². The van der Waals surface area contributed by atoms with Crippen molar-refractivity contribution in [3.8, 4) is 0 Å². The number of hydrogen-bond donors (Lipinski definition) is 1. The maximum atomic E-state index is 11.4. The van der Waals surface area contributed by atoms with Crippen LogP contribution < -0.4 is 0 Å². The van der Waals surface area contributed by atoms with Gasteiger partial charge in [-0.3, -0.25) is 4.79 Å². The van der Waals surface area contributed by atoms with E-state index in [1.165, 1.54) is 0 Å². The fourth-order valence-electron chi connectivity index (χ4n) is 2.59. The molecule has 3 heteroatoms. The molecule has 1 aliphatic carbocycles. The predicted octanol–water partition coefficient (Wildman–Crippen LogP) is 0.958. The van der Waals surface area contributed by atoms with Crippen molar-refractivity contribution in [1.82, 2.24) is 0 Å². The summed E-state index contributed by atoms with van der Waals surface area (Å²) >= 11 is 0. The highest BCUT2D eigenvalue weighted by Crippen LogP contribution is 2.37. The van der Waals surface area contributed by atoms with Gasteiger partial charge in [0.15, 0.2) is 0 Å². The van der Waals surface area contributed by atoms with Crippen LogP contribution in [0.4, 0.5) is 0 Å². The van der Waals surface area contributed by atoms with Gasteiger partial charge in [-0.05, 0) is 37.5 Å². The van der Waals surface area contributed by atoms with E-state index in [1.807, 2.05) is 0 Å². The number of carbonyl (C=O) groups is 1. The zero-order valence-corrected chi connectivity index (χ0v) is 7.74. The van der Waals surface area contributed by atoms with Crippen molar-refractivity contribution in [3.63, 3.8) is 0 Å². The SMILES string of the molecule is O=C1OCCC2CC(CO)CC1C2. The normalized spacial score (nSPS) is 39.5. The summed E-state index contributed by atoms with van der Waals surface area (Å²) in [5, 5.41) is 9.07. The fourth-order valence-corrected chi connectivity index (χ4v) is 2.59. The van der Waals surface area contributed by atoms with Crippen LogP contribution in [0.15, 0.2) is 0 Å². The predicted molar refractivity (Wildman–Crippen MR) is 47.0 cm³/mol. The monoisotopic (exact) mass is 184 g/mol. The van der Waals surface area contributed by atoms with E-state index in [0.29, 0.717) is 18.4 Å². The van der Waals surface area contributed by atoms with Crippen LogP contribution in [-0.2, 0) is 9.53 Å². The van der Waals surface area contributed by atoms with Crippen molar-refractivity contribution in [1.29, 1.82) is 0 Å². The number of ether oxygens (including phenoxy) is 1. The first-order chi connectivity index (χ1) is 6.29. The number of rotatable bonds is 1. The topological polar surface area (TPSA) is 46.5 Å². The first-order valence-electron chi connectivity index (χ1n) is 5.07. The third-order valence-electron chi connectivity index (χ3n) is 3.26. The number of cyclic esters (lactones) is 1. The zero-order valence-electron chi connectivity index (χ0n) is 7.74. The number of carbonyl (C=O) groups excluding carboxylic acids is 1. The number of aliphatic hydroxyl groups is 1. The van der Waals surface area contributed by atoms with Crippen molar-refractivity contribution < 1.29 is 14.6 Å². The average molecular weight is 184 g/mol. The Balaban J connectivity index is 2.06. The summed E-state index contributed by atoms with van der Waals surface area (Å²) in [4.78, 5) is 11.4. The van der Waals surface area contributed by atoms with E-state index in [9.17, 15) is 4.79 Å². The molecule has 74 valence electrons. The van der Waals surface area contributed by atoms with Crippen LogP contribution in [0.25, 0.3) is 0 Å². The summed E-state index contributed by atoms with van der Waals surface area (Å²) in [5.74, 6) is 0.954. The Hall–Kier alpha value is -0.570. The highest BCUT2D eigenvalue weighted by Gasteiger charge is 2.35. The largest absolute Gasteiger partial charge is 0.465 e. The Labute approximate surface area is 78.1 Å². The van der Waals surface area contributed by atoms with Crippen LogP contribution in [0.3, 0.4) is 0 Å². The maximum absolute atomic E-state index is 11.4. The molecule has 1 aliphatic heterocycles. The third kappa shape index (κ3) is 1.85. The molecule has 2 aliphatic rings. The van der Waals surface area contributed by atoms with Crippen molar-refractivity contribution in [3.05, 3.63) is 0 Å². The summed E-state index contributed by atoms with van der Waals surface area (Å²) in [5.41, 5.74) is 0. The van der Waals surface area contributed by atoms with Gasteiger partial charge in [0.05, 0.1) is 12.5 Å². The number of aliphatic hydroxyl groups excluding tert-OH is 1. The van der Waals surface area contributed by atoms with Crippen LogP contribution in [0.5, 0.6) is 0 Å². The Bertz CT molecular complexity index is 202. The summed E-state index contributed by atoms with van der Waals surface area (Å²) in [6.45, 7) is 0.804. The molecule has 0 amide bonds. The van der Waals surface area contributed by atoms with E-state index in [2.05, 4.69) is 0 Å². The number of esters is 1. The van der Waals surface area contributed by atoms with Crippen LogP contribution in [0.2, 0.25) is 0 Å². The summed E-state index contributed by atoms with van der Waals surface area (Å²) in [7, 11) is 0. The molecular formula is C10H16O3. The Morgan fingerprint density at radius 2 is 2.23 bits per heavy atom. The standard InChI is InChI=1S/C10H16O3/c11-6-8-3-7-1-2-13-10(12)9(4-7)5-8/h7-9,11H,1-6H2. The highest BCUT2D eigenvalue weighted by atomic mass is 16.5. The molecule has 3 nitrogen and oxygen atoms in total. The van der Waals surface area contributed by atoms with Gasteiger partial charge in [-0.15, -0.1) is 0 Å². The van der Waals surface area contributed by atoms with Gasteiger partial charge in [-0.25, -0.2) is 0 Å². The smallest absolute Gasteiger partial charge is 0.308 e. The minimum atomic E-state index is -0.0411. The molecule has 3 unspecified atom stereocenters. The molecule has 0 aromatic heterocycles. The molecule has 0 spiro atoms. The second-order valence-corrected chi connectivity index (χ2v) is 4.27. The molecular weight excluding hydrogens is 168 g/mol. The van der Waals surface area contributed by atoms with Crippen molar-refractivity contribution in [2.75, 3.05) is 13.2 Å². The summed E-state index contributed by atoms with van der Waals surface area (Å²) in [6.07, 6.45) is 3.86. The number of hydrogen-bond acceptors (Lipinski definition) is 3. The van der Waals surface area contributed by atoms with E-state index in [-0.39, 0.29) is 18.5 Å². The molecule has 0 aromatic carbocycles. The van der Waals surface area contributed by atoms with Crippen LogP contribution in [0, 0.1) is 17.8 Å². The molecule has 1 N–H and O–H groups in total. The van der Waals surface area contributed by atoms with Gasteiger partial charge in [-0.1, -0.05) is 0 Å². The molecule has 13 heavy (non-hydrogen) atoms. The lowest BCUT2D eigenvalue weighted by Gasteiger charge is -2.29. The quantitative estimate of drug-likeness (QED) is 0.617. The highest BCUT2D eigenvalue weighted by molar-refractivity contribution is 5.72. The van der Waals surface area contributed by atoms with Gasteiger partial charge < -0.3 is 9.84 Å². The molecule has 0 radical (unpaired) electrons. The van der Waals surface area contributed by atoms with E-state index in [1.54, 1.807) is 0 Å². The molecule has 1 saturated carbocycles. The minimum Gasteiger partial charge on any atom is -0.465 e. The zero-order chi connectivity index (χ0) is 9.26. The summed E-state index contributed by atoms with van der Waals surface area (Å²) in [6, 6.07) is 0. The van der Waals surface area contributed by atoms with E-state index < -0.39 is 0 Å². The second-order valence-electron chi connectivity index (χ2n) is 4.27. The van der Waals surface area contributed by atoms with Crippen molar-refractivity contribution in [2.24, 2.45) is 17.8 Å². The van der Waals surface area contributed by atoms with Crippen LogP contribution >= 0.6 is 0 Å². The van der Waals surface area contributed by atoms with Gasteiger partial charge in [0.2, 0.25) is 0 Å². The molecule has 1 saturated heterocycles. The molecule has 3 atom stereocenters. The first kappa shape index (κ1) is 9.00.